The van der Waals surface area contributed by atoms with Crippen molar-refractivity contribution < 1.29 is 9.59 Å². The summed E-state index contributed by atoms with van der Waals surface area (Å²) < 4.78 is 0. The minimum atomic E-state index is -0.339. The first-order valence-electron chi connectivity index (χ1n) is 5.24. The first-order chi connectivity index (χ1) is 7.61. The van der Waals surface area contributed by atoms with Crippen LogP contribution in [0.3, 0.4) is 0 Å². The van der Waals surface area contributed by atoms with Gasteiger partial charge in [-0.05, 0) is 18.1 Å². The smallest absolute Gasteiger partial charge is 0.252 e. The average molecular weight is 220 g/mol. The Kier molecular flexibility index (Phi) is 4.17. The van der Waals surface area contributed by atoms with E-state index in [2.05, 4.69) is 10.3 Å². The predicted molar refractivity (Wildman–Crippen MR) is 61.3 cm³/mol. The highest BCUT2D eigenvalue weighted by Crippen LogP contribution is 2.23. The van der Waals surface area contributed by atoms with Gasteiger partial charge in [0.15, 0.2) is 0 Å². The highest BCUT2D eigenvalue weighted by Gasteiger charge is 2.22. The van der Waals surface area contributed by atoms with E-state index in [1.54, 1.807) is 25.4 Å². The molecule has 0 saturated heterocycles. The van der Waals surface area contributed by atoms with Gasteiger partial charge < -0.3 is 10.1 Å². The fraction of sp³-hybridized carbons (Fsp3) is 0.417. The van der Waals surface area contributed by atoms with Crippen LogP contribution in [0.2, 0.25) is 0 Å². The topological polar surface area (TPSA) is 59.1 Å². The molecule has 1 rings (SSSR count). The van der Waals surface area contributed by atoms with Crippen molar-refractivity contribution >= 4 is 12.2 Å². The van der Waals surface area contributed by atoms with Crippen molar-refractivity contribution in [2.24, 2.45) is 5.92 Å². The fourth-order valence-electron chi connectivity index (χ4n) is 1.55. The number of aldehydes is 1. The zero-order valence-corrected chi connectivity index (χ0v) is 9.73. The SMILES string of the molecule is CNC(=O)c1cccnc1C(C=O)C(C)C. The highest BCUT2D eigenvalue weighted by molar-refractivity contribution is 5.95. The van der Waals surface area contributed by atoms with Crippen LogP contribution in [0.4, 0.5) is 0 Å². The van der Waals surface area contributed by atoms with Crippen molar-refractivity contribution in [1.82, 2.24) is 10.3 Å². The van der Waals surface area contributed by atoms with Crippen molar-refractivity contribution in [2.45, 2.75) is 19.8 Å². The molecular weight excluding hydrogens is 204 g/mol. The quantitative estimate of drug-likeness (QED) is 0.780. The number of carbonyl (C=O) groups is 2. The zero-order chi connectivity index (χ0) is 12.1. The molecule has 4 heteroatoms. The lowest BCUT2D eigenvalue weighted by molar-refractivity contribution is -0.109. The van der Waals surface area contributed by atoms with Crippen LogP contribution in [0.1, 0.15) is 35.8 Å². The number of aromatic nitrogens is 1. The van der Waals surface area contributed by atoms with Gasteiger partial charge in [0.05, 0.1) is 17.2 Å². The number of carbonyl (C=O) groups excluding carboxylic acids is 2. The number of nitrogens with zero attached hydrogens (tertiary/aromatic N) is 1. The maximum atomic E-state index is 11.6. The van der Waals surface area contributed by atoms with Gasteiger partial charge in [-0.25, -0.2) is 0 Å². The Labute approximate surface area is 95.1 Å². The maximum absolute atomic E-state index is 11.6. The second kappa shape index (κ2) is 5.39. The molecule has 0 spiro atoms. The van der Waals surface area contributed by atoms with Gasteiger partial charge in [-0.3, -0.25) is 9.78 Å². The Morgan fingerprint density at radius 1 is 1.50 bits per heavy atom. The van der Waals surface area contributed by atoms with Gasteiger partial charge in [-0.1, -0.05) is 13.8 Å². The van der Waals surface area contributed by atoms with E-state index in [1.807, 2.05) is 13.8 Å². The van der Waals surface area contributed by atoms with E-state index in [9.17, 15) is 9.59 Å². The van der Waals surface area contributed by atoms with Crippen LogP contribution in [-0.2, 0) is 4.79 Å². The van der Waals surface area contributed by atoms with Crippen molar-refractivity contribution in [2.75, 3.05) is 7.05 Å². The van der Waals surface area contributed by atoms with Gasteiger partial charge in [-0.15, -0.1) is 0 Å². The summed E-state index contributed by atoms with van der Waals surface area (Å²) in [7, 11) is 1.56. The number of pyridine rings is 1. The molecule has 0 aliphatic carbocycles. The summed E-state index contributed by atoms with van der Waals surface area (Å²) in [6.45, 7) is 3.86. The normalized spacial score (nSPS) is 12.2. The Morgan fingerprint density at radius 2 is 2.19 bits per heavy atom. The molecule has 1 N–H and O–H groups in total. The van der Waals surface area contributed by atoms with Gasteiger partial charge in [0.2, 0.25) is 0 Å². The number of nitrogens with one attached hydrogen (secondary N) is 1. The van der Waals surface area contributed by atoms with Crippen LogP contribution >= 0.6 is 0 Å². The largest absolute Gasteiger partial charge is 0.355 e. The van der Waals surface area contributed by atoms with E-state index in [4.69, 9.17) is 0 Å². The van der Waals surface area contributed by atoms with Crippen LogP contribution in [0, 0.1) is 5.92 Å². The molecule has 0 saturated carbocycles. The number of hydrogen-bond acceptors (Lipinski definition) is 3. The monoisotopic (exact) mass is 220 g/mol. The Balaban J connectivity index is 3.21. The standard InChI is InChI=1S/C12H16N2O2/c1-8(2)10(7-15)11-9(12(16)13-3)5-4-6-14-11/h4-8,10H,1-3H3,(H,13,16). The number of amides is 1. The number of rotatable bonds is 4. The third-order valence-corrected chi connectivity index (χ3v) is 2.49. The summed E-state index contributed by atoms with van der Waals surface area (Å²) in [6.07, 6.45) is 2.44. The number of hydrogen-bond donors (Lipinski definition) is 1. The van der Waals surface area contributed by atoms with Crippen molar-refractivity contribution in [1.29, 1.82) is 0 Å². The molecule has 1 aromatic rings. The van der Waals surface area contributed by atoms with Crippen LogP contribution in [0.15, 0.2) is 18.3 Å². The van der Waals surface area contributed by atoms with Crippen molar-refractivity contribution in [3.8, 4) is 0 Å². The third kappa shape index (κ3) is 2.45. The van der Waals surface area contributed by atoms with Crippen LogP contribution in [0.25, 0.3) is 0 Å². The minimum Gasteiger partial charge on any atom is -0.355 e. The van der Waals surface area contributed by atoms with E-state index in [-0.39, 0.29) is 17.7 Å². The van der Waals surface area contributed by atoms with E-state index in [1.165, 1.54) is 0 Å². The molecule has 0 aromatic carbocycles. The molecular formula is C12H16N2O2. The highest BCUT2D eigenvalue weighted by atomic mass is 16.1. The molecule has 86 valence electrons. The summed E-state index contributed by atoms with van der Waals surface area (Å²) in [6, 6.07) is 3.37. The molecule has 0 aliphatic heterocycles. The lowest BCUT2D eigenvalue weighted by Gasteiger charge is -2.16. The molecule has 4 nitrogen and oxygen atoms in total. The summed E-state index contributed by atoms with van der Waals surface area (Å²) in [4.78, 5) is 26.8. The molecule has 0 aliphatic rings. The first-order valence-corrected chi connectivity index (χ1v) is 5.24. The van der Waals surface area contributed by atoms with Crippen LogP contribution in [0.5, 0.6) is 0 Å². The van der Waals surface area contributed by atoms with Gasteiger partial charge in [-0.2, -0.15) is 0 Å². The molecule has 0 radical (unpaired) electrons. The second-order valence-electron chi connectivity index (χ2n) is 3.92. The third-order valence-electron chi connectivity index (χ3n) is 2.49. The first kappa shape index (κ1) is 12.4. The van der Waals surface area contributed by atoms with E-state index in [0.29, 0.717) is 11.3 Å². The molecule has 16 heavy (non-hydrogen) atoms. The van der Waals surface area contributed by atoms with Crippen molar-refractivity contribution in [3.63, 3.8) is 0 Å². The molecule has 1 aromatic heterocycles. The molecule has 1 amide bonds. The van der Waals surface area contributed by atoms with Gasteiger partial charge in [0.25, 0.3) is 5.91 Å². The fourth-order valence-corrected chi connectivity index (χ4v) is 1.55. The molecule has 1 heterocycles. The summed E-state index contributed by atoms with van der Waals surface area (Å²) in [5.41, 5.74) is 1.02. The molecule has 0 bridgehead atoms. The van der Waals surface area contributed by atoms with Gasteiger partial charge >= 0.3 is 0 Å². The Bertz CT molecular complexity index is 388. The van der Waals surface area contributed by atoms with Crippen LogP contribution < -0.4 is 5.32 Å². The average Bonchev–Trinajstić information content (AvgIpc) is 2.29. The minimum absolute atomic E-state index is 0.121. The Morgan fingerprint density at radius 3 is 2.69 bits per heavy atom. The zero-order valence-electron chi connectivity index (χ0n) is 9.73. The maximum Gasteiger partial charge on any atom is 0.252 e. The lowest BCUT2D eigenvalue weighted by atomic mass is 9.90. The van der Waals surface area contributed by atoms with E-state index in [0.717, 1.165) is 6.29 Å². The summed E-state index contributed by atoms with van der Waals surface area (Å²) in [5.74, 6) is -0.431. The predicted octanol–water partition coefficient (Wildman–Crippen LogP) is 1.38. The van der Waals surface area contributed by atoms with E-state index < -0.39 is 0 Å². The van der Waals surface area contributed by atoms with Gasteiger partial charge in [0.1, 0.15) is 6.29 Å². The van der Waals surface area contributed by atoms with Gasteiger partial charge in [0, 0.05) is 13.2 Å². The molecule has 0 fully saturated rings. The van der Waals surface area contributed by atoms with Crippen LogP contribution in [-0.4, -0.2) is 24.2 Å². The second-order valence-corrected chi connectivity index (χ2v) is 3.92. The van der Waals surface area contributed by atoms with Crippen molar-refractivity contribution in [3.05, 3.63) is 29.6 Å². The Hall–Kier alpha value is -1.71. The lowest BCUT2D eigenvalue weighted by Crippen LogP contribution is -2.23. The summed E-state index contributed by atoms with van der Waals surface area (Å²) in [5, 5.41) is 2.54. The van der Waals surface area contributed by atoms with E-state index >= 15 is 0 Å². The molecule has 1 unspecified atom stereocenters. The summed E-state index contributed by atoms with van der Waals surface area (Å²) >= 11 is 0. The molecule has 1 atom stereocenters.